The minimum Gasteiger partial charge on any atom is -0.323 e. The van der Waals surface area contributed by atoms with Crippen molar-refractivity contribution < 1.29 is 4.79 Å². The van der Waals surface area contributed by atoms with Crippen molar-refractivity contribution in [3.8, 4) is 6.07 Å². The fourth-order valence-electron chi connectivity index (χ4n) is 2.19. The van der Waals surface area contributed by atoms with Crippen molar-refractivity contribution >= 4 is 5.91 Å². The molecule has 1 aliphatic heterocycles. The van der Waals surface area contributed by atoms with Gasteiger partial charge in [0.05, 0.1) is 6.07 Å². The van der Waals surface area contributed by atoms with Crippen molar-refractivity contribution in [2.45, 2.75) is 38.8 Å². The van der Waals surface area contributed by atoms with E-state index < -0.39 is 0 Å². The Hall–Kier alpha value is -1.04. The van der Waals surface area contributed by atoms with Crippen LogP contribution >= 0.6 is 0 Å². The van der Waals surface area contributed by atoms with E-state index in [1.54, 1.807) is 0 Å². The maximum Gasteiger partial charge on any atom is 0.226 e. The first kappa shape index (κ1) is 8.55. The summed E-state index contributed by atoms with van der Waals surface area (Å²) in [4.78, 5) is 13.5. The number of carbonyl (C=O) groups is 1. The Morgan fingerprint density at radius 1 is 1.54 bits per heavy atom. The molecule has 1 heterocycles. The topological polar surface area (TPSA) is 44.1 Å². The molecule has 3 nitrogen and oxygen atoms in total. The van der Waals surface area contributed by atoms with E-state index in [1.165, 1.54) is 0 Å². The van der Waals surface area contributed by atoms with E-state index in [9.17, 15) is 4.79 Å². The van der Waals surface area contributed by atoms with Crippen LogP contribution in [0.5, 0.6) is 0 Å². The zero-order valence-electron chi connectivity index (χ0n) is 8.03. The highest BCUT2D eigenvalue weighted by Crippen LogP contribution is 2.48. The molecule has 70 valence electrons. The van der Waals surface area contributed by atoms with E-state index in [4.69, 9.17) is 5.26 Å². The molecule has 1 aliphatic carbocycles. The zero-order chi connectivity index (χ0) is 9.59. The number of rotatable bonds is 1. The molecule has 2 rings (SSSR count). The highest BCUT2D eigenvalue weighted by atomic mass is 16.2. The van der Waals surface area contributed by atoms with Crippen LogP contribution in [0.1, 0.15) is 26.7 Å². The summed E-state index contributed by atoms with van der Waals surface area (Å²) >= 11 is 0. The quantitative estimate of drug-likeness (QED) is 0.604. The fraction of sp³-hybridized carbons (Fsp3) is 0.800. The second kappa shape index (κ2) is 2.73. The summed E-state index contributed by atoms with van der Waals surface area (Å²) in [6.07, 6.45) is 2.02. The third-order valence-corrected chi connectivity index (χ3v) is 3.00. The second-order valence-corrected chi connectivity index (χ2v) is 4.34. The lowest BCUT2D eigenvalue weighted by Gasteiger charge is -2.24. The molecule has 1 amide bonds. The number of likely N-dealkylation sites (tertiary alicyclic amines) is 1. The third kappa shape index (κ3) is 1.21. The monoisotopic (exact) mass is 178 g/mol. The second-order valence-electron chi connectivity index (χ2n) is 4.34. The van der Waals surface area contributed by atoms with Gasteiger partial charge in [-0.1, -0.05) is 13.8 Å². The first-order valence-electron chi connectivity index (χ1n) is 4.87. The lowest BCUT2D eigenvalue weighted by atomic mass is 10.1. The minimum absolute atomic E-state index is 0.0233. The van der Waals surface area contributed by atoms with Crippen molar-refractivity contribution in [3.05, 3.63) is 0 Å². The van der Waals surface area contributed by atoms with Crippen LogP contribution in [-0.4, -0.2) is 22.9 Å². The Balaban J connectivity index is 2.13. The lowest BCUT2D eigenvalue weighted by molar-refractivity contribution is -0.135. The fourth-order valence-corrected chi connectivity index (χ4v) is 2.19. The Bertz CT molecular complexity index is 279. The van der Waals surface area contributed by atoms with Crippen LogP contribution < -0.4 is 0 Å². The molecule has 0 aromatic heterocycles. The molecule has 0 spiro atoms. The van der Waals surface area contributed by atoms with Crippen LogP contribution in [0.15, 0.2) is 0 Å². The summed E-state index contributed by atoms with van der Waals surface area (Å²) in [6.45, 7) is 3.79. The molecule has 0 radical (unpaired) electrons. The molecule has 0 aromatic rings. The van der Waals surface area contributed by atoms with Gasteiger partial charge in [0.15, 0.2) is 0 Å². The normalized spacial score (nSPS) is 35.8. The average molecular weight is 178 g/mol. The largest absolute Gasteiger partial charge is 0.323 e. The number of carbonyl (C=O) groups excluding carboxylic acids is 1. The Kier molecular flexibility index (Phi) is 1.80. The van der Waals surface area contributed by atoms with E-state index in [2.05, 4.69) is 6.07 Å². The van der Waals surface area contributed by atoms with Crippen LogP contribution in [0.2, 0.25) is 0 Å². The molecule has 0 bridgehead atoms. The van der Waals surface area contributed by atoms with Crippen molar-refractivity contribution in [1.29, 1.82) is 5.26 Å². The third-order valence-electron chi connectivity index (χ3n) is 3.00. The summed E-state index contributed by atoms with van der Waals surface area (Å²) < 4.78 is 0. The predicted molar refractivity (Wildman–Crippen MR) is 47.6 cm³/mol. The number of piperidine rings is 1. The van der Waals surface area contributed by atoms with E-state index >= 15 is 0 Å². The number of hydrogen-bond donors (Lipinski definition) is 0. The highest BCUT2D eigenvalue weighted by Gasteiger charge is 2.54. The molecule has 2 aliphatic rings. The first-order chi connectivity index (χ1) is 6.15. The van der Waals surface area contributed by atoms with Gasteiger partial charge in [-0.3, -0.25) is 4.79 Å². The van der Waals surface area contributed by atoms with E-state index in [0.29, 0.717) is 12.0 Å². The molecular weight excluding hydrogens is 164 g/mol. The Labute approximate surface area is 78.3 Å². The molecule has 3 heteroatoms. The molecule has 1 saturated heterocycles. The summed E-state index contributed by atoms with van der Waals surface area (Å²) in [5.74, 6) is 0.805. The Morgan fingerprint density at radius 3 is 2.77 bits per heavy atom. The molecule has 0 N–H and O–H groups in total. The molecular formula is C10H14N2O. The summed E-state index contributed by atoms with van der Waals surface area (Å²) in [6, 6.07) is 2.48. The standard InChI is InChI=1S/C10H14N2O/c1-6(2)10(13)12-8(5-11)3-7-4-9(7)12/h6-9H,3-4H2,1-2H3/t7-,8+,9+/m1/s1. The number of hydrogen-bond acceptors (Lipinski definition) is 2. The van der Waals surface area contributed by atoms with Crippen LogP contribution in [0, 0.1) is 23.2 Å². The smallest absolute Gasteiger partial charge is 0.226 e. The van der Waals surface area contributed by atoms with E-state index in [0.717, 1.165) is 12.8 Å². The first-order valence-corrected chi connectivity index (χ1v) is 4.87. The molecule has 0 aromatic carbocycles. The van der Waals surface area contributed by atoms with E-state index in [1.807, 2.05) is 18.7 Å². The zero-order valence-corrected chi connectivity index (χ0v) is 8.03. The minimum atomic E-state index is -0.140. The van der Waals surface area contributed by atoms with Gasteiger partial charge in [0.1, 0.15) is 6.04 Å². The van der Waals surface area contributed by atoms with Crippen molar-refractivity contribution in [2.75, 3.05) is 0 Å². The van der Waals surface area contributed by atoms with Gasteiger partial charge in [0.2, 0.25) is 5.91 Å². The maximum absolute atomic E-state index is 11.7. The number of amides is 1. The highest BCUT2D eigenvalue weighted by molar-refractivity contribution is 5.80. The van der Waals surface area contributed by atoms with Crippen molar-refractivity contribution in [1.82, 2.24) is 4.90 Å². The van der Waals surface area contributed by atoms with Crippen LogP contribution in [0.4, 0.5) is 0 Å². The van der Waals surface area contributed by atoms with Crippen molar-refractivity contribution in [2.24, 2.45) is 11.8 Å². The molecule has 1 saturated carbocycles. The molecule has 0 unspecified atom stereocenters. The molecule has 13 heavy (non-hydrogen) atoms. The summed E-state index contributed by atoms with van der Waals surface area (Å²) in [7, 11) is 0. The van der Waals surface area contributed by atoms with Gasteiger partial charge >= 0.3 is 0 Å². The number of nitriles is 1. The summed E-state index contributed by atoms with van der Waals surface area (Å²) in [5.41, 5.74) is 0. The van der Waals surface area contributed by atoms with Gasteiger partial charge in [0.25, 0.3) is 0 Å². The van der Waals surface area contributed by atoms with Gasteiger partial charge < -0.3 is 4.90 Å². The SMILES string of the molecule is CC(C)C(=O)N1[C@H](C#N)C[C@@H]2C[C@@H]21. The van der Waals surface area contributed by atoms with Crippen molar-refractivity contribution in [3.63, 3.8) is 0 Å². The average Bonchev–Trinajstić information content (AvgIpc) is 2.76. The van der Waals surface area contributed by atoms with Gasteiger partial charge in [-0.25, -0.2) is 0 Å². The van der Waals surface area contributed by atoms with Crippen LogP contribution in [0.3, 0.4) is 0 Å². The number of nitrogens with zero attached hydrogens (tertiary/aromatic N) is 2. The molecule has 3 atom stereocenters. The maximum atomic E-state index is 11.7. The van der Waals surface area contributed by atoms with E-state index in [-0.39, 0.29) is 17.9 Å². The Morgan fingerprint density at radius 2 is 2.23 bits per heavy atom. The van der Waals surface area contributed by atoms with Crippen LogP contribution in [-0.2, 0) is 4.79 Å². The summed E-state index contributed by atoms with van der Waals surface area (Å²) in [5, 5.41) is 8.86. The van der Waals surface area contributed by atoms with Gasteiger partial charge in [-0.15, -0.1) is 0 Å². The predicted octanol–water partition coefficient (Wildman–Crippen LogP) is 1.16. The van der Waals surface area contributed by atoms with Gasteiger partial charge in [-0.05, 0) is 18.8 Å². The molecule has 2 fully saturated rings. The van der Waals surface area contributed by atoms with Crippen LogP contribution in [0.25, 0.3) is 0 Å². The number of fused-ring (bicyclic) bond motifs is 1. The van der Waals surface area contributed by atoms with Gasteiger partial charge in [-0.2, -0.15) is 5.26 Å². The lowest BCUT2D eigenvalue weighted by Crippen LogP contribution is -2.40. The van der Waals surface area contributed by atoms with Gasteiger partial charge in [0, 0.05) is 12.0 Å².